The number of aromatic nitrogens is 2. The smallest absolute Gasteiger partial charge is 0.305 e. The molecule has 5 rings (SSSR count). The van der Waals surface area contributed by atoms with Gasteiger partial charge in [-0.2, -0.15) is 0 Å². The highest BCUT2D eigenvalue weighted by Gasteiger charge is 2.19. The molecule has 2 amide bonds. The number of aryl methyl sites for hydroxylation is 1. The van der Waals surface area contributed by atoms with Gasteiger partial charge in [0, 0.05) is 26.8 Å². The van der Waals surface area contributed by atoms with Crippen molar-refractivity contribution in [3.05, 3.63) is 75.2 Å². The van der Waals surface area contributed by atoms with E-state index in [-0.39, 0.29) is 17.9 Å². The standard InChI is InChI=1S/C22H16N4O4S2/c1-12-13-5-2-3-6-15(13)30-19(12)20(28)25-24-17(27)9-26-11-23-21-18(22(26)29)14(10-32-21)16-7-4-8-31-16/h2-8,10-11H,9H2,1H3,(H,24,27)(H,25,28). The van der Waals surface area contributed by atoms with Gasteiger partial charge in [-0.25, -0.2) is 4.98 Å². The summed E-state index contributed by atoms with van der Waals surface area (Å²) in [6.07, 6.45) is 1.34. The fraction of sp³-hybridized carbons (Fsp3) is 0.0909. The van der Waals surface area contributed by atoms with Gasteiger partial charge < -0.3 is 4.42 Å². The molecule has 160 valence electrons. The van der Waals surface area contributed by atoms with Gasteiger partial charge in [-0.05, 0) is 24.4 Å². The molecule has 0 spiro atoms. The van der Waals surface area contributed by atoms with E-state index in [1.165, 1.54) is 33.6 Å². The fourth-order valence-electron chi connectivity index (χ4n) is 3.46. The maximum Gasteiger partial charge on any atom is 0.305 e. The van der Waals surface area contributed by atoms with Crippen molar-refractivity contribution < 1.29 is 14.0 Å². The zero-order valence-corrected chi connectivity index (χ0v) is 18.4. The van der Waals surface area contributed by atoms with Crippen LogP contribution in [-0.4, -0.2) is 21.4 Å². The third kappa shape index (κ3) is 3.49. The topological polar surface area (TPSA) is 106 Å². The van der Waals surface area contributed by atoms with Crippen LogP contribution in [0.15, 0.2) is 62.7 Å². The van der Waals surface area contributed by atoms with Gasteiger partial charge in [0.15, 0.2) is 5.76 Å². The van der Waals surface area contributed by atoms with Crippen molar-refractivity contribution in [2.24, 2.45) is 0 Å². The lowest BCUT2D eigenvalue weighted by Gasteiger charge is -2.08. The number of carbonyl (C=O) groups excluding carboxylic acids is 2. The van der Waals surface area contributed by atoms with E-state index >= 15 is 0 Å². The van der Waals surface area contributed by atoms with Crippen molar-refractivity contribution in [1.29, 1.82) is 0 Å². The quantitative estimate of drug-likeness (QED) is 0.395. The SMILES string of the molecule is Cc1c(C(=O)NNC(=O)Cn2cnc3scc(-c4cccs4)c3c2=O)oc2ccccc12. The molecule has 5 aromatic rings. The maximum absolute atomic E-state index is 13.0. The molecule has 0 aliphatic rings. The number of nitrogens with one attached hydrogen (secondary N) is 2. The van der Waals surface area contributed by atoms with Crippen molar-refractivity contribution in [2.45, 2.75) is 13.5 Å². The van der Waals surface area contributed by atoms with Crippen molar-refractivity contribution in [1.82, 2.24) is 20.4 Å². The Bertz CT molecular complexity index is 1530. The van der Waals surface area contributed by atoms with E-state index in [2.05, 4.69) is 15.8 Å². The normalized spacial score (nSPS) is 11.2. The molecule has 8 nitrogen and oxygen atoms in total. The lowest BCUT2D eigenvalue weighted by atomic mass is 10.1. The van der Waals surface area contributed by atoms with Gasteiger partial charge in [-0.3, -0.25) is 29.8 Å². The Labute approximate surface area is 189 Å². The van der Waals surface area contributed by atoms with Crippen LogP contribution in [0, 0.1) is 6.92 Å². The van der Waals surface area contributed by atoms with Gasteiger partial charge in [0.25, 0.3) is 11.5 Å². The molecule has 0 aliphatic carbocycles. The molecule has 4 heterocycles. The largest absolute Gasteiger partial charge is 0.451 e. The summed E-state index contributed by atoms with van der Waals surface area (Å²) in [5, 5.41) is 5.14. The lowest BCUT2D eigenvalue weighted by molar-refractivity contribution is -0.122. The summed E-state index contributed by atoms with van der Waals surface area (Å²) in [5.74, 6) is -1.03. The number of hydrogen-bond donors (Lipinski definition) is 2. The Hall–Kier alpha value is -3.76. The average molecular weight is 465 g/mol. The lowest BCUT2D eigenvalue weighted by Crippen LogP contribution is -2.44. The molecule has 32 heavy (non-hydrogen) atoms. The van der Waals surface area contributed by atoms with Crippen molar-refractivity contribution in [3.63, 3.8) is 0 Å². The number of rotatable bonds is 4. The summed E-state index contributed by atoms with van der Waals surface area (Å²) in [6.45, 7) is 1.48. The molecule has 0 radical (unpaired) electrons. The van der Waals surface area contributed by atoms with E-state index in [0.29, 0.717) is 21.4 Å². The number of thiophene rings is 2. The molecule has 0 saturated carbocycles. The zero-order valence-electron chi connectivity index (χ0n) is 16.7. The van der Waals surface area contributed by atoms with E-state index in [0.717, 1.165) is 15.8 Å². The molecular formula is C22H16N4O4S2. The van der Waals surface area contributed by atoms with Gasteiger partial charge in [0.1, 0.15) is 17.0 Å². The first kappa shape index (κ1) is 20.2. The van der Waals surface area contributed by atoms with Crippen LogP contribution in [0.3, 0.4) is 0 Å². The van der Waals surface area contributed by atoms with Gasteiger partial charge in [-0.15, -0.1) is 22.7 Å². The summed E-state index contributed by atoms with van der Waals surface area (Å²) in [7, 11) is 0. The summed E-state index contributed by atoms with van der Waals surface area (Å²) >= 11 is 2.91. The second-order valence-electron chi connectivity index (χ2n) is 7.04. The number of hydrogen-bond acceptors (Lipinski definition) is 7. The van der Waals surface area contributed by atoms with Crippen LogP contribution in [0.4, 0.5) is 0 Å². The first-order valence-corrected chi connectivity index (χ1v) is 11.4. The van der Waals surface area contributed by atoms with E-state index in [1.807, 2.05) is 41.1 Å². The predicted octanol–water partition coefficient (Wildman–Crippen LogP) is 3.70. The fourth-order valence-corrected chi connectivity index (χ4v) is 5.18. The number of para-hydroxylation sites is 1. The number of furan rings is 1. The first-order valence-electron chi connectivity index (χ1n) is 9.61. The number of carbonyl (C=O) groups is 2. The Morgan fingerprint density at radius 2 is 1.97 bits per heavy atom. The minimum absolute atomic E-state index is 0.116. The molecule has 2 N–H and O–H groups in total. The molecule has 0 saturated heterocycles. The van der Waals surface area contributed by atoms with E-state index < -0.39 is 11.8 Å². The Morgan fingerprint density at radius 1 is 1.12 bits per heavy atom. The number of fused-ring (bicyclic) bond motifs is 2. The Morgan fingerprint density at radius 3 is 2.75 bits per heavy atom. The Balaban J connectivity index is 1.32. The highest BCUT2D eigenvalue weighted by molar-refractivity contribution is 7.18. The van der Waals surface area contributed by atoms with Crippen molar-refractivity contribution in [2.75, 3.05) is 0 Å². The molecule has 0 atom stereocenters. The molecule has 0 fully saturated rings. The van der Waals surface area contributed by atoms with E-state index in [9.17, 15) is 14.4 Å². The second kappa shape index (κ2) is 8.06. The van der Waals surface area contributed by atoms with Crippen LogP contribution >= 0.6 is 22.7 Å². The summed E-state index contributed by atoms with van der Waals surface area (Å²) in [6, 6.07) is 11.1. The second-order valence-corrected chi connectivity index (χ2v) is 8.84. The van der Waals surface area contributed by atoms with Crippen LogP contribution in [0.1, 0.15) is 16.1 Å². The average Bonchev–Trinajstić information content (AvgIpc) is 3.53. The molecule has 1 aromatic carbocycles. The number of hydrazine groups is 1. The number of benzene rings is 1. The van der Waals surface area contributed by atoms with E-state index in [4.69, 9.17) is 4.42 Å². The van der Waals surface area contributed by atoms with Crippen LogP contribution in [0.25, 0.3) is 31.6 Å². The highest BCUT2D eigenvalue weighted by atomic mass is 32.1. The monoisotopic (exact) mass is 464 g/mol. The number of amides is 2. The molecule has 10 heteroatoms. The van der Waals surface area contributed by atoms with Crippen LogP contribution in [0.5, 0.6) is 0 Å². The predicted molar refractivity (Wildman–Crippen MR) is 124 cm³/mol. The van der Waals surface area contributed by atoms with Crippen LogP contribution in [-0.2, 0) is 11.3 Å². The maximum atomic E-state index is 13.0. The zero-order chi connectivity index (χ0) is 22.2. The highest BCUT2D eigenvalue weighted by Crippen LogP contribution is 2.33. The van der Waals surface area contributed by atoms with Crippen LogP contribution in [0.2, 0.25) is 0 Å². The third-order valence-electron chi connectivity index (χ3n) is 5.03. The van der Waals surface area contributed by atoms with Crippen molar-refractivity contribution >= 4 is 55.7 Å². The summed E-state index contributed by atoms with van der Waals surface area (Å²) in [4.78, 5) is 43.8. The summed E-state index contributed by atoms with van der Waals surface area (Å²) < 4.78 is 6.81. The molecule has 0 aliphatic heterocycles. The first-order chi connectivity index (χ1) is 15.5. The summed E-state index contributed by atoms with van der Waals surface area (Å²) in [5.41, 5.74) is 6.43. The number of nitrogens with zero attached hydrogens (tertiary/aromatic N) is 2. The minimum Gasteiger partial charge on any atom is -0.451 e. The minimum atomic E-state index is -0.578. The third-order valence-corrected chi connectivity index (χ3v) is 6.82. The van der Waals surface area contributed by atoms with Gasteiger partial charge >= 0.3 is 5.91 Å². The van der Waals surface area contributed by atoms with Gasteiger partial charge in [0.05, 0.1) is 11.7 Å². The molecule has 4 aromatic heterocycles. The van der Waals surface area contributed by atoms with Crippen LogP contribution < -0.4 is 16.4 Å². The molecule has 0 unspecified atom stereocenters. The molecule has 0 bridgehead atoms. The van der Waals surface area contributed by atoms with Gasteiger partial charge in [-0.1, -0.05) is 24.3 Å². The van der Waals surface area contributed by atoms with Crippen molar-refractivity contribution in [3.8, 4) is 10.4 Å². The van der Waals surface area contributed by atoms with Gasteiger partial charge in [0.2, 0.25) is 0 Å². The van der Waals surface area contributed by atoms with E-state index in [1.54, 1.807) is 13.0 Å². The Kier molecular flexibility index (Phi) is 5.08. The molecular weight excluding hydrogens is 448 g/mol.